The lowest BCUT2D eigenvalue weighted by atomic mass is 10.0. The van der Waals surface area contributed by atoms with Crippen LogP contribution in [0.3, 0.4) is 0 Å². The Kier molecular flexibility index (Phi) is 5.70. The summed E-state index contributed by atoms with van der Waals surface area (Å²) in [6.07, 6.45) is 1.18. The summed E-state index contributed by atoms with van der Waals surface area (Å²) in [5.74, 6) is -0.272. The zero-order valence-corrected chi connectivity index (χ0v) is 14.1. The molecule has 1 heterocycles. The summed E-state index contributed by atoms with van der Waals surface area (Å²) < 4.78 is 0. The van der Waals surface area contributed by atoms with Crippen LogP contribution in [0.15, 0.2) is 40.1 Å². The maximum Gasteiger partial charge on any atom is 0.325 e. The van der Waals surface area contributed by atoms with Gasteiger partial charge >= 0.3 is 5.69 Å². The van der Waals surface area contributed by atoms with Crippen molar-refractivity contribution in [2.75, 3.05) is 20.6 Å². The largest absolute Gasteiger partial charge is 0.354 e. The number of aromatic amines is 2. The fraction of sp³-hybridized carbons (Fsp3) is 0.353. The predicted molar refractivity (Wildman–Crippen MR) is 92.0 cm³/mol. The smallest absolute Gasteiger partial charge is 0.325 e. The molecule has 2 aromatic rings. The van der Waals surface area contributed by atoms with Gasteiger partial charge in [-0.2, -0.15) is 0 Å². The van der Waals surface area contributed by atoms with Crippen LogP contribution in [0.2, 0.25) is 0 Å². The number of amides is 1. The molecule has 128 valence electrons. The van der Waals surface area contributed by atoms with Crippen LogP contribution in [0.5, 0.6) is 0 Å². The summed E-state index contributed by atoms with van der Waals surface area (Å²) in [5.41, 5.74) is 1.38. The predicted octanol–water partition coefficient (Wildman–Crippen LogP) is 0.333. The van der Waals surface area contributed by atoms with E-state index in [2.05, 4.69) is 15.3 Å². The van der Waals surface area contributed by atoms with Crippen LogP contribution >= 0.6 is 0 Å². The molecule has 0 fully saturated rings. The lowest BCUT2D eigenvalue weighted by Crippen LogP contribution is -2.36. The summed E-state index contributed by atoms with van der Waals surface area (Å²) in [6.45, 7) is 2.45. The van der Waals surface area contributed by atoms with E-state index in [0.717, 1.165) is 5.56 Å². The molecule has 0 aliphatic carbocycles. The molecule has 0 spiro atoms. The van der Waals surface area contributed by atoms with Crippen molar-refractivity contribution in [3.8, 4) is 0 Å². The van der Waals surface area contributed by atoms with Gasteiger partial charge in [-0.3, -0.25) is 14.6 Å². The summed E-state index contributed by atoms with van der Waals surface area (Å²) in [6, 6.07) is 8.18. The Labute approximate surface area is 139 Å². The monoisotopic (exact) mass is 330 g/mol. The van der Waals surface area contributed by atoms with E-state index < -0.39 is 11.2 Å². The highest BCUT2D eigenvalue weighted by atomic mass is 16.2. The number of rotatable bonds is 6. The highest BCUT2D eigenvalue weighted by molar-refractivity contribution is 5.78. The molecule has 1 aromatic carbocycles. The third kappa shape index (κ3) is 4.66. The molecular formula is C17H22N4O3. The minimum Gasteiger partial charge on any atom is -0.354 e. The van der Waals surface area contributed by atoms with E-state index in [4.69, 9.17) is 0 Å². The highest BCUT2D eigenvalue weighted by Gasteiger charge is 2.16. The molecule has 0 radical (unpaired) electrons. The number of nitrogens with zero attached hydrogens (tertiary/aromatic N) is 1. The minimum atomic E-state index is -0.587. The van der Waals surface area contributed by atoms with Gasteiger partial charge in [0.1, 0.15) is 0 Å². The van der Waals surface area contributed by atoms with Crippen LogP contribution in [-0.2, 0) is 11.2 Å². The van der Waals surface area contributed by atoms with Crippen LogP contribution < -0.4 is 16.6 Å². The first-order valence-electron chi connectivity index (χ1n) is 7.67. The van der Waals surface area contributed by atoms with Crippen molar-refractivity contribution in [1.82, 2.24) is 20.2 Å². The van der Waals surface area contributed by atoms with Crippen molar-refractivity contribution in [1.29, 1.82) is 0 Å². The van der Waals surface area contributed by atoms with Crippen LogP contribution in [0.4, 0.5) is 0 Å². The number of H-pyrrole nitrogens is 2. The molecule has 1 aromatic heterocycles. The topological polar surface area (TPSA) is 98.1 Å². The van der Waals surface area contributed by atoms with Crippen molar-refractivity contribution in [3.05, 3.63) is 68.0 Å². The Balaban J connectivity index is 2.01. The molecule has 1 atom stereocenters. The highest BCUT2D eigenvalue weighted by Crippen LogP contribution is 2.17. The lowest BCUT2D eigenvalue weighted by molar-refractivity contribution is -0.120. The first kappa shape index (κ1) is 17.7. The molecule has 0 unspecified atom stereocenters. The van der Waals surface area contributed by atoms with Gasteiger partial charge in [-0.25, -0.2) is 4.79 Å². The summed E-state index contributed by atoms with van der Waals surface area (Å²) in [7, 11) is 3.90. The van der Waals surface area contributed by atoms with Crippen molar-refractivity contribution in [3.63, 3.8) is 0 Å². The zero-order valence-electron chi connectivity index (χ0n) is 14.1. The second-order valence-corrected chi connectivity index (χ2v) is 5.97. The first-order chi connectivity index (χ1) is 11.4. The third-order valence-electron chi connectivity index (χ3n) is 3.83. The van der Waals surface area contributed by atoms with Crippen LogP contribution in [0.25, 0.3) is 0 Å². The van der Waals surface area contributed by atoms with E-state index in [1.54, 1.807) is 0 Å². The average molecular weight is 330 g/mol. The molecule has 0 saturated heterocycles. The Morgan fingerprint density at radius 1 is 1.21 bits per heavy atom. The second kappa shape index (κ2) is 7.74. The number of carbonyl (C=O) groups is 1. The summed E-state index contributed by atoms with van der Waals surface area (Å²) in [5, 5.41) is 2.84. The number of nitrogens with one attached hydrogen (secondary N) is 3. The maximum atomic E-state index is 12.1. The van der Waals surface area contributed by atoms with Gasteiger partial charge in [0.25, 0.3) is 5.56 Å². The molecular weight excluding hydrogens is 308 g/mol. The van der Waals surface area contributed by atoms with Crippen molar-refractivity contribution < 1.29 is 4.79 Å². The molecule has 0 aliphatic rings. The number of carbonyl (C=O) groups excluding carboxylic acids is 1. The number of hydrogen-bond donors (Lipinski definition) is 3. The SMILES string of the molecule is Cc1ccc([C@@H](CNC(=O)Cc2c[nH]c(=O)[nH]c2=O)N(C)C)cc1. The molecule has 2 rings (SSSR count). The number of likely N-dealkylation sites (N-methyl/N-ethyl adjacent to an activating group) is 1. The molecule has 0 bridgehead atoms. The van der Waals surface area contributed by atoms with Gasteiger partial charge in [0, 0.05) is 18.3 Å². The van der Waals surface area contributed by atoms with E-state index in [9.17, 15) is 14.4 Å². The van der Waals surface area contributed by atoms with Gasteiger partial charge < -0.3 is 15.2 Å². The normalized spacial score (nSPS) is 12.2. The molecule has 7 heteroatoms. The van der Waals surface area contributed by atoms with Gasteiger partial charge in [0.05, 0.1) is 12.5 Å². The second-order valence-electron chi connectivity index (χ2n) is 5.97. The molecule has 3 N–H and O–H groups in total. The summed E-state index contributed by atoms with van der Waals surface area (Å²) >= 11 is 0. The Hall–Kier alpha value is -2.67. The first-order valence-corrected chi connectivity index (χ1v) is 7.67. The number of benzene rings is 1. The third-order valence-corrected chi connectivity index (χ3v) is 3.83. The number of aromatic nitrogens is 2. The average Bonchev–Trinajstić information content (AvgIpc) is 2.52. The standard InChI is InChI=1S/C17H22N4O3/c1-11-4-6-12(7-5-11)14(21(2)3)10-18-15(22)8-13-9-19-17(24)20-16(13)23/h4-7,9,14H,8,10H2,1-3H3,(H,18,22)(H2,19,20,23,24)/t14-/m1/s1. The maximum absolute atomic E-state index is 12.1. The number of aryl methyl sites for hydroxylation is 1. The molecule has 24 heavy (non-hydrogen) atoms. The Morgan fingerprint density at radius 2 is 1.88 bits per heavy atom. The number of hydrogen-bond acceptors (Lipinski definition) is 4. The Bertz CT molecular complexity index is 806. The fourth-order valence-corrected chi connectivity index (χ4v) is 2.40. The van der Waals surface area contributed by atoms with Crippen LogP contribution in [-0.4, -0.2) is 41.4 Å². The van der Waals surface area contributed by atoms with E-state index in [-0.39, 0.29) is 23.9 Å². The van der Waals surface area contributed by atoms with Gasteiger partial charge in [0.2, 0.25) is 5.91 Å². The molecule has 0 saturated carbocycles. The Morgan fingerprint density at radius 3 is 2.46 bits per heavy atom. The van der Waals surface area contributed by atoms with E-state index in [1.807, 2.05) is 50.2 Å². The van der Waals surface area contributed by atoms with Crippen LogP contribution in [0.1, 0.15) is 22.7 Å². The van der Waals surface area contributed by atoms with Crippen molar-refractivity contribution in [2.24, 2.45) is 0 Å². The summed E-state index contributed by atoms with van der Waals surface area (Å²) in [4.78, 5) is 41.2. The zero-order chi connectivity index (χ0) is 17.7. The lowest BCUT2D eigenvalue weighted by Gasteiger charge is -2.25. The van der Waals surface area contributed by atoms with E-state index >= 15 is 0 Å². The van der Waals surface area contributed by atoms with E-state index in [0.29, 0.717) is 6.54 Å². The van der Waals surface area contributed by atoms with Crippen molar-refractivity contribution in [2.45, 2.75) is 19.4 Å². The van der Waals surface area contributed by atoms with E-state index in [1.165, 1.54) is 11.8 Å². The molecule has 7 nitrogen and oxygen atoms in total. The molecule has 1 amide bonds. The fourth-order valence-electron chi connectivity index (χ4n) is 2.40. The van der Waals surface area contributed by atoms with Gasteiger partial charge in [0.15, 0.2) is 0 Å². The van der Waals surface area contributed by atoms with Crippen molar-refractivity contribution >= 4 is 5.91 Å². The van der Waals surface area contributed by atoms with Crippen LogP contribution in [0, 0.1) is 6.92 Å². The quantitative estimate of drug-likeness (QED) is 0.711. The molecule has 0 aliphatic heterocycles. The van der Waals surface area contributed by atoms with Gasteiger partial charge in [-0.05, 0) is 26.6 Å². The van der Waals surface area contributed by atoms with Gasteiger partial charge in [-0.1, -0.05) is 29.8 Å². The van der Waals surface area contributed by atoms with Gasteiger partial charge in [-0.15, -0.1) is 0 Å². The minimum absolute atomic E-state index is 0.0309.